The van der Waals surface area contributed by atoms with E-state index in [9.17, 15) is 0 Å². The van der Waals surface area contributed by atoms with Crippen LogP contribution in [-0.4, -0.2) is 17.5 Å². The van der Waals surface area contributed by atoms with E-state index in [0.29, 0.717) is 0 Å². The van der Waals surface area contributed by atoms with Gasteiger partial charge in [0.1, 0.15) is 0 Å². The molecule has 7 heteroatoms. The van der Waals surface area contributed by atoms with Crippen LogP contribution < -0.4 is 51.4 Å². The summed E-state index contributed by atoms with van der Waals surface area (Å²) in [5, 5.41) is 0. The predicted molar refractivity (Wildman–Crippen MR) is 15.3 cm³/mol. The molecule has 0 rings (SSSR count). The molecule has 0 aliphatic carbocycles. The van der Waals surface area contributed by atoms with E-state index in [2.05, 4.69) is 0 Å². The maximum Gasteiger partial charge on any atom is 1.00 e. The Bertz CT molecular complexity index is 99.2. The van der Waals surface area contributed by atoms with Gasteiger partial charge < -0.3 is 1.43 Å². The Morgan fingerprint density at radius 3 is 1.29 bits per heavy atom. The molecule has 0 atom stereocenters. The van der Waals surface area contributed by atoms with Crippen LogP contribution in [-0.2, 0) is 29.9 Å². The Morgan fingerprint density at radius 2 is 1.29 bits per heavy atom. The van der Waals surface area contributed by atoms with Crippen molar-refractivity contribution in [2.24, 2.45) is 0 Å². The molecule has 0 aromatic rings. The Balaban J connectivity index is -0.0000000267. The average molecular weight is 204 g/mol. The van der Waals surface area contributed by atoms with Gasteiger partial charge in [-0.1, -0.05) is 0 Å². The first-order chi connectivity index (χ1) is 2.00. The van der Waals surface area contributed by atoms with Gasteiger partial charge in [-0.25, -0.2) is 0 Å². The molecule has 0 aliphatic rings. The first kappa shape index (κ1) is 16.1. The van der Waals surface area contributed by atoms with Crippen LogP contribution in [0.15, 0.2) is 0 Å². The zero-order valence-corrected chi connectivity index (χ0v) is 10.7. The van der Waals surface area contributed by atoms with Crippen molar-refractivity contribution in [2.45, 2.75) is 0 Å². The molecule has 2 N–H and O–H groups in total. The fraction of sp³-hybridized carbons (Fsp3) is 0. The largest absolute Gasteiger partial charge is 1.00 e. The smallest absolute Gasteiger partial charge is 1.00 e. The summed E-state index contributed by atoms with van der Waals surface area (Å²) in [6, 6.07) is 0. The van der Waals surface area contributed by atoms with E-state index in [0.717, 1.165) is 0 Å². The van der Waals surface area contributed by atoms with Crippen LogP contribution in [0, 0.1) is 0 Å². The molecule has 0 aliphatic heterocycles. The first-order valence-corrected chi connectivity index (χ1v) is 2.10. The van der Waals surface area contributed by atoms with E-state index in [1.807, 2.05) is 0 Å². The molecule has 0 bridgehead atoms. The van der Waals surface area contributed by atoms with Crippen molar-refractivity contribution >= 4 is 10.4 Å². The molecule has 0 fully saturated rings. The van der Waals surface area contributed by atoms with Crippen molar-refractivity contribution in [3.63, 3.8) is 0 Å². The molecule has 0 heterocycles. The summed E-state index contributed by atoms with van der Waals surface area (Å²) < 4.78 is 31.6. The van der Waals surface area contributed by atoms with Gasteiger partial charge in [0.05, 0.1) is 0 Å². The third kappa shape index (κ3) is 67.3. The van der Waals surface area contributed by atoms with E-state index < -0.39 is 10.4 Å². The third-order valence-electron chi connectivity index (χ3n) is 0. The summed E-state index contributed by atoms with van der Waals surface area (Å²) in [5.74, 6) is 0. The summed E-state index contributed by atoms with van der Waals surface area (Å²) in [6.45, 7) is 0. The first-order valence-electron chi connectivity index (χ1n) is 0.698. The molecule has 7 heavy (non-hydrogen) atoms. The molecule has 0 saturated carbocycles. The van der Waals surface area contributed by atoms with Crippen molar-refractivity contribution in [3.05, 3.63) is 0 Å². The fourth-order valence-electron chi connectivity index (χ4n) is 0. The van der Waals surface area contributed by atoms with Crippen molar-refractivity contribution in [1.29, 1.82) is 0 Å². The maximum atomic E-state index is 8.74. The van der Waals surface area contributed by atoms with Gasteiger partial charge in [-0.05, 0) is 0 Å². The SMILES string of the molecule is O=S(=O)(O)O.[H-].[K+].[Zn]. The molecule has 4 nitrogen and oxygen atoms in total. The van der Waals surface area contributed by atoms with Crippen LogP contribution in [0.25, 0.3) is 0 Å². The fourth-order valence-corrected chi connectivity index (χ4v) is 0. The van der Waals surface area contributed by atoms with Gasteiger partial charge in [-0.15, -0.1) is 0 Å². The van der Waals surface area contributed by atoms with Crippen LogP contribution in [0.5, 0.6) is 0 Å². The minimum atomic E-state index is -4.67. The second kappa shape index (κ2) is 6.25. The van der Waals surface area contributed by atoms with E-state index in [1.54, 1.807) is 0 Å². The van der Waals surface area contributed by atoms with Gasteiger partial charge in [0.25, 0.3) is 0 Å². The van der Waals surface area contributed by atoms with Gasteiger partial charge in [-0.2, -0.15) is 8.42 Å². The van der Waals surface area contributed by atoms with E-state index in [4.69, 9.17) is 17.5 Å². The van der Waals surface area contributed by atoms with E-state index in [-0.39, 0.29) is 72.3 Å². The summed E-state index contributed by atoms with van der Waals surface area (Å²) in [7, 11) is -4.67. The van der Waals surface area contributed by atoms with Crippen LogP contribution >= 0.6 is 0 Å². The minimum absolute atomic E-state index is 0. The second-order valence-electron chi connectivity index (χ2n) is 0.448. The second-order valence-corrected chi connectivity index (χ2v) is 1.34. The summed E-state index contributed by atoms with van der Waals surface area (Å²) in [6.07, 6.45) is 0. The molecular weight excluding hydrogens is 201 g/mol. The number of rotatable bonds is 0. The molecule has 0 aromatic heterocycles. The van der Waals surface area contributed by atoms with Crippen molar-refractivity contribution in [3.8, 4) is 0 Å². The standard InChI is InChI=1S/K.H2O4S.Zn.H/c;1-5(2,3)4;;/h;(H2,1,2,3,4);;/q+1;;;-1. The monoisotopic (exact) mass is 202 g/mol. The molecule has 0 aromatic carbocycles. The van der Waals surface area contributed by atoms with Crippen molar-refractivity contribution in [2.75, 3.05) is 0 Å². The Morgan fingerprint density at radius 1 is 1.29 bits per heavy atom. The molecule has 0 saturated heterocycles. The van der Waals surface area contributed by atoms with Gasteiger partial charge >= 0.3 is 61.8 Å². The van der Waals surface area contributed by atoms with Crippen molar-refractivity contribution in [1.82, 2.24) is 0 Å². The summed E-state index contributed by atoms with van der Waals surface area (Å²) >= 11 is 0. The summed E-state index contributed by atoms with van der Waals surface area (Å²) in [5.41, 5.74) is 0. The summed E-state index contributed by atoms with van der Waals surface area (Å²) in [4.78, 5) is 0. The topological polar surface area (TPSA) is 74.6 Å². The molecule has 0 amide bonds. The number of hydrogen-bond donors (Lipinski definition) is 2. The average Bonchev–Trinajstić information content (AvgIpc) is 0.722. The van der Waals surface area contributed by atoms with E-state index in [1.165, 1.54) is 0 Å². The Labute approximate surface area is 98.3 Å². The predicted octanol–water partition coefficient (Wildman–Crippen LogP) is -3.54. The molecule has 0 radical (unpaired) electrons. The quantitative estimate of drug-likeness (QED) is 0.316. The van der Waals surface area contributed by atoms with Gasteiger partial charge in [0, 0.05) is 19.5 Å². The van der Waals surface area contributed by atoms with Crippen LogP contribution in [0.2, 0.25) is 0 Å². The zero-order valence-electron chi connectivity index (χ0n) is 4.83. The van der Waals surface area contributed by atoms with Gasteiger partial charge in [0.2, 0.25) is 0 Å². The zero-order chi connectivity index (χ0) is 4.50. The van der Waals surface area contributed by atoms with Gasteiger partial charge in [0.15, 0.2) is 0 Å². The molecule has 0 unspecified atom stereocenters. The van der Waals surface area contributed by atoms with Gasteiger partial charge in [-0.3, -0.25) is 9.11 Å². The molecular formula is H3KO4SZn. The maximum absolute atomic E-state index is 8.74. The van der Waals surface area contributed by atoms with Crippen LogP contribution in [0.3, 0.4) is 0 Å². The van der Waals surface area contributed by atoms with Crippen molar-refractivity contribution < 1.29 is 89.8 Å². The molecule has 0 spiro atoms. The normalized spacial score (nSPS) is 8.29. The number of hydrogen-bond acceptors (Lipinski definition) is 2. The minimum Gasteiger partial charge on any atom is -1.00 e. The molecule has 36 valence electrons. The van der Waals surface area contributed by atoms with Crippen LogP contribution in [0.4, 0.5) is 0 Å². The Kier molecular flexibility index (Phi) is 14.3. The van der Waals surface area contributed by atoms with Crippen LogP contribution in [0.1, 0.15) is 1.43 Å². The third-order valence-corrected chi connectivity index (χ3v) is 0. The Hall–Kier alpha value is 2.13. The van der Waals surface area contributed by atoms with E-state index >= 15 is 0 Å².